The van der Waals surface area contributed by atoms with Gasteiger partial charge >= 0.3 is 5.97 Å². The molecule has 10 heteroatoms. The van der Waals surface area contributed by atoms with Crippen molar-refractivity contribution in [3.8, 4) is 0 Å². The van der Waals surface area contributed by atoms with Crippen molar-refractivity contribution in [1.29, 1.82) is 0 Å². The van der Waals surface area contributed by atoms with Crippen molar-refractivity contribution < 1.29 is 42.7 Å². The number of likely N-dealkylation sites (N-methyl/N-ethyl adjacent to an activating group) is 1. The summed E-state index contributed by atoms with van der Waals surface area (Å²) in [6.07, 6.45) is 5.99. The van der Waals surface area contributed by atoms with E-state index >= 15 is 0 Å². The standard InChI is InChI=1S/C21H44NO8P/c1-5-6-7-8-9-10-13-19(20(18-23)28-16-12-11-14-21(24)25)30-31(26,27)29-17-15-22(2,3)4/h19-20,23H,5-18H2,1-4H3,(H-,24,25,26,27)/t19-,20+/m1/s1. The van der Waals surface area contributed by atoms with Crippen molar-refractivity contribution in [2.75, 3.05) is 47.5 Å². The van der Waals surface area contributed by atoms with Gasteiger partial charge in [0.15, 0.2) is 0 Å². The zero-order valence-electron chi connectivity index (χ0n) is 19.8. The fourth-order valence-corrected chi connectivity index (χ4v) is 3.88. The highest BCUT2D eigenvalue weighted by atomic mass is 31.2. The molecule has 0 aliphatic rings. The van der Waals surface area contributed by atoms with Crippen molar-refractivity contribution in [2.24, 2.45) is 0 Å². The maximum Gasteiger partial charge on any atom is 0.303 e. The predicted molar refractivity (Wildman–Crippen MR) is 118 cm³/mol. The molecule has 0 aliphatic heterocycles. The molecule has 0 rings (SSSR count). The van der Waals surface area contributed by atoms with E-state index in [0.29, 0.717) is 30.3 Å². The van der Waals surface area contributed by atoms with Crippen molar-refractivity contribution in [3.63, 3.8) is 0 Å². The van der Waals surface area contributed by atoms with E-state index < -0.39 is 32.6 Å². The van der Waals surface area contributed by atoms with E-state index in [0.717, 1.165) is 32.1 Å². The molecule has 0 aromatic rings. The molecule has 0 aromatic heterocycles. The SMILES string of the molecule is CCCCCCCC[C@@H](OP(=O)([O-])OCC[N+](C)(C)C)[C@H](CO)OCCCCC(=O)O. The summed E-state index contributed by atoms with van der Waals surface area (Å²) in [5.41, 5.74) is 0. The predicted octanol–water partition coefficient (Wildman–Crippen LogP) is 2.95. The van der Waals surface area contributed by atoms with Gasteiger partial charge in [0.05, 0.1) is 33.9 Å². The van der Waals surface area contributed by atoms with E-state index in [-0.39, 0.29) is 19.6 Å². The third-order valence-electron chi connectivity index (χ3n) is 4.83. The zero-order chi connectivity index (χ0) is 23.8. The molecule has 0 saturated carbocycles. The third kappa shape index (κ3) is 18.7. The Balaban J connectivity index is 4.77. The zero-order valence-corrected chi connectivity index (χ0v) is 20.7. The smallest absolute Gasteiger partial charge is 0.303 e. The summed E-state index contributed by atoms with van der Waals surface area (Å²) in [4.78, 5) is 22.9. The van der Waals surface area contributed by atoms with E-state index in [9.17, 15) is 19.4 Å². The van der Waals surface area contributed by atoms with Gasteiger partial charge in [-0.2, -0.15) is 0 Å². The van der Waals surface area contributed by atoms with Crippen LogP contribution < -0.4 is 4.89 Å². The summed E-state index contributed by atoms with van der Waals surface area (Å²) >= 11 is 0. The Morgan fingerprint density at radius 3 is 2.23 bits per heavy atom. The molecule has 0 spiro atoms. The van der Waals surface area contributed by atoms with Gasteiger partial charge in [-0.3, -0.25) is 9.36 Å². The molecule has 2 N–H and O–H groups in total. The number of aliphatic carboxylic acids is 1. The molecule has 0 aliphatic carbocycles. The number of ether oxygens (including phenoxy) is 1. The van der Waals surface area contributed by atoms with E-state index in [1.165, 1.54) is 6.42 Å². The molecule has 31 heavy (non-hydrogen) atoms. The van der Waals surface area contributed by atoms with Gasteiger partial charge < -0.3 is 33.4 Å². The number of phosphoric acid groups is 1. The Labute approximate surface area is 187 Å². The lowest BCUT2D eigenvalue weighted by molar-refractivity contribution is -0.870. The summed E-state index contributed by atoms with van der Waals surface area (Å²) in [6, 6.07) is 0. The second-order valence-corrected chi connectivity index (χ2v) is 10.3. The molecular formula is C21H44NO8P. The van der Waals surface area contributed by atoms with Gasteiger partial charge in [0.25, 0.3) is 7.82 Å². The quantitative estimate of drug-likeness (QED) is 0.149. The van der Waals surface area contributed by atoms with Crippen LogP contribution in [0, 0.1) is 0 Å². The maximum atomic E-state index is 12.3. The second kappa shape index (κ2) is 17.0. The van der Waals surface area contributed by atoms with Gasteiger partial charge in [0.2, 0.25) is 0 Å². The second-order valence-electron chi connectivity index (χ2n) is 8.94. The molecule has 186 valence electrons. The lowest BCUT2D eigenvalue weighted by atomic mass is 10.0. The Kier molecular flexibility index (Phi) is 16.7. The van der Waals surface area contributed by atoms with Crippen LogP contribution in [0.4, 0.5) is 0 Å². The topological polar surface area (TPSA) is 125 Å². The monoisotopic (exact) mass is 469 g/mol. The van der Waals surface area contributed by atoms with Crippen LogP contribution in [-0.2, 0) is 23.1 Å². The van der Waals surface area contributed by atoms with Crippen molar-refractivity contribution in [2.45, 2.75) is 83.3 Å². The third-order valence-corrected chi connectivity index (χ3v) is 5.86. The molecule has 9 nitrogen and oxygen atoms in total. The fourth-order valence-electron chi connectivity index (χ4n) is 2.95. The highest BCUT2D eigenvalue weighted by Crippen LogP contribution is 2.41. The Bertz CT molecular complexity index is 512. The number of carbonyl (C=O) groups is 1. The number of aliphatic hydroxyl groups excluding tert-OH is 1. The molecular weight excluding hydrogens is 425 g/mol. The molecule has 0 aromatic carbocycles. The summed E-state index contributed by atoms with van der Waals surface area (Å²) in [5, 5.41) is 18.5. The molecule has 1 unspecified atom stereocenters. The normalized spacial score (nSPS) is 16.1. The van der Waals surface area contributed by atoms with Gasteiger partial charge in [-0.25, -0.2) is 0 Å². The number of phosphoric ester groups is 1. The molecule has 0 heterocycles. The first-order valence-corrected chi connectivity index (χ1v) is 12.9. The van der Waals surface area contributed by atoms with Crippen LogP contribution in [0.25, 0.3) is 0 Å². The number of rotatable bonds is 21. The van der Waals surface area contributed by atoms with Gasteiger partial charge in [-0.15, -0.1) is 0 Å². The average molecular weight is 470 g/mol. The minimum Gasteiger partial charge on any atom is -0.756 e. The van der Waals surface area contributed by atoms with Gasteiger partial charge in [-0.05, 0) is 19.3 Å². The van der Waals surface area contributed by atoms with E-state index in [1.54, 1.807) is 0 Å². The largest absolute Gasteiger partial charge is 0.756 e. The Morgan fingerprint density at radius 1 is 1.00 bits per heavy atom. The number of aliphatic hydroxyl groups is 1. The summed E-state index contributed by atoms with van der Waals surface area (Å²) in [5.74, 6) is -0.874. The highest BCUT2D eigenvalue weighted by molar-refractivity contribution is 7.45. The van der Waals surface area contributed by atoms with Crippen LogP contribution in [0.5, 0.6) is 0 Å². The first-order valence-electron chi connectivity index (χ1n) is 11.4. The van der Waals surface area contributed by atoms with Crippen LogP contribution >= 0.6 is 7.82 Å². The van der Waals surface area contributed by atoms with Crippen molar-refractivity contribution >= 4 is 13.8 Å². The molecule has 0 amide bonds. The van der Waals surface area contributed by atoms with Gasteiger partial charge in [0.1, 0.15) is 19.3 Å². The first-order chi connectivity index (χ1) is 14.5. The average Bonchev–Trinajstić information content (AvgIpc) is 2.65. The van der Waals surface area contributed by atoms with Crippen LogP contribution in [0.1, 0.15) is 71.1 Å². The Hall–Kier alpha value is -0.540. The van der Waals surface area contributed by atoms with Gasteiger partial charge in [0, 0.05) is 13.0 Å². The molecule has 0 fully saturated rings. The first kappa shape index (κ1) is 30.5. The molecule has 3 atom stereocenters. The fraction of sp³-hybridized carbons (Fsp3) is 0.952. The number of quaternary nitrogens is 1. The van der Waals surface area contributed by atoms with E-state index in [1.807, 2.05) is 21.1 Å². The van der Waals surface area contributed by atoms with Crippen molar-refractivity contribution in [3.05, 3.63) is 0 Å². The lowest BCUT2D eigenvalue weighted by Gasteiger charge is -2.33. The summed E-state index contributed by atoms with van der Waals surface area (Å²) in [6.45, 7) is 2.49. The summed E-state index contributed by atoms with van der Waals surface area (Å²) < 4.78 is 28.9. The molecule has 0 radical (unpaired) electrons. The van der Waals surface area contributed by atoms with Crippen LogP contribution in [0.2, 0.25) is 0 Å². The number of carboxylic acid groups (broad SMARTS) is 1. The molecule has 0 saturated heterocycles. The summed E-state index contributed by atoms with van der Waals surface area (Å²) in [7, 11) is 1.24. The van der Waals surface area contributed by atoms with Crippen LogP contribution in [0.15, 0.2) is 0 Å². The van der Waals surface area contributed by atoms with Crippen molar-refractivity contribution in [1.82, 2.24) is 0 Å². The number of hydrogen-bond acceptors (Lipinski definition) is 7. The maximum absolute atomic E-state index is 12.3. The molecule has 0 bridgehead atoms. The number of carboxylic acids is 1. The number of unbranched alkanes of at least 4 members (excludes halogenated alkanes) is 6. The van der Waals surface area contributed by atoms with Gasteiger partial charge in [-0.1, -0.05) is 45.4 Å². The van der Waals surface area contributed by atoms with Crippen LogP contribution in [0.3, 0.4) is 0 Å². The van der Waals surface area contributed by atoms with Crippen LogP contribution in [-0.4, -0.2) is 80.4 Å². The number of nitrogens with zero attached hydrogens (tertiary/aromatic N) is 1. The lowest BCUT2D eigenvalue weighted by Crippen LogP contribution is -2.38. The van der Waals surface area contributed by atoms with E-state index in [4.69, 9.17) is 18.9 Å². The number of hydrogen-bond donors (Lipinski definition) is 2. The Morgan fingerprint density at radius 2 is 1.65 bits per heavy atom. The highest BCUT2D eigenvalue weighted by Gasteiger charge is 2.27. The van der Waals surface area contributed by atoms with E-state index in [2.05, 4.69) is 6.92 Å². The minimum atomic E-state index is -4.55. The minimum absolute atomic E-state index is 0.00779.